The van der Waals surface area contributed by atoms with E-state index in [0.717, 1.165) is 30.6 Å². The Morgan fingerprint density at radius 3 is 2.48 bits per heavy atom. The van der Waals surface area contributed by atoms with Gasteiger partial charge in [-0.25, -0.2) is 0 Å². The largest absolute Gasteiger partial charge is 0.310 e. The van der Waals surface area contributed by atoms with Crippen LogP contribution in [0.2, 0.25) is 0 Å². The predicted molar refractivity (Wildman–Crippen MR) is 187 cm³/mol. The minimum atomic E-state index is 0.658. The molecule has 6 bridgehead atoms. The molecule has 2 heteroatoms. The topological polar surface area (TPSA) is 3.24 Å². The highest BCUT2D eigenvalue weighted by Crippen LogP contribution is 2.64. The molecule has 218 valence electrons. The molecule has 0 radical (unpaired) electrons. The second-order valence-corrected chi connectivity index (χ2v) is 15.1. The first kappa shape index (κ1) is 25.7. The minimum Gasteiger partial charge on any atom is -0.310 e. The fourth-order valence-electron chi connectivity index (χ4n) is 10.4. The number of benzene rings is 4. The number of allylic oxidation sites excluding steroid dienone is 3. The van der Waals surface area contributed by atoms with Gasteiger partial charge in [-0.15, -0.1) is 11.3 Å². The molecular weight excluding hydrogens is 551 g/mol. The van der Waals surface area contributed by atoms with Crippen LogP contribution in [0.4, 0.5) is 11.4 Å². The highest BCUT2D eigenvalue weighted by atomic mass is 32.1. The van der Waals surface area contributed by atoms with Crippen molar-refractivity contribution >= 4 is 42.9 Å². The number of thiophene rings is 1. The minimum absolute atomic E-state index is 0.658. The molecule has 44 heavy (non-hydrogen) atoms. The van der Waals surface area contributed by atoms with Gasteiger partial charge in [-0.2, -0.15) is 0 Å². The van der Waals surface area contributed by atoms with Gasteiger partial charge in [0.15, 0.2) is 0 Å². The van der Waals surface area contributed by atoms with Crippen LogP contribution in [0.1, 0.15) is 92.2 Å². The Morgan fingerprint density at radius 1 is 0.659 bits per heavy atom. The van der Waals surface area contributed by atoms with E-state index in [1.165, 1.54) is 87.8 Å². The molecule has 0 aliphatic heterocycles. The SMILES string of the molecule is C1=CC(N(c2ccc3c(c2)-c2cccc4c2C2CCCCC2C2CCCC4C32)c2cccc3sc4ccccc4c23)=CCC1. The third-order valence-electron chi connectivity index (χ3n) is 12.0. The highest BCUT2D eigenvalue weighted by molar-refractivity contribution is 7.26. The van der Waals surface area contributed by atoms with Crippen LogP contribution in [0.5, 0.6) is 0 Å². The van der Waals surface area contributed by atoms with Gasteiger partial charge in [-0.3, -0.25) is 0 Å². The maximum atomic E-state index is 2.60. The van der Waals surface area contributed by atoms with Gasteiger partial charge in [0.2, 0.25) is 0 Å². The smallest absolute Gasteiger partial charge is 0.0554 e. The highest BCUT2D eigenvalue weighted by Gasteiger charge is 2.50. The summed E-state index contributed by atoms with van der Waals surface area (Å²) in [5, 5.41) is 2.74. The first-order valence-corrected chi connectivity index (χ1v) is 18.0. The van der Waals surface area contributed by atoms with Gasteiger partial charge in [0, 0.05) is 31.6 Å². The van der Waals surface area contributed by atoms with Crippen molar-refractivity contribution in [2.24, 2.45) is 11.8 Å². The molecule has 1 nitrogen and oxygen atoms in total. The Hall–Kier alpha value is -3.62. The Bertz CT molecular complexity index is 2010. The lowest BCUT2D eigenvalue weighted by Crippen LogP contribution is -2.33. The van der Waals surface area contributed by atoms with Gasteiger partial charge in [0.05, 0.1) is 5.69 Å². The van der Waals surface area contributed by atoms with Gasteiger partial charge in [0.1, 0.15) is 0 Å². The first-order chi connectivity index (χ1) is 21.8. The maximum absolute atomic E-state index is 2.60. The van der Waals surface area contributed by atoms with Gasteiger partial charge in [0.25, 0.3) is 0 Å². The summed E-state index contributed by atoms with van der Waals surface area (Å²) in [7, 11) is 0. The van der Waals surface area contributed by atoms with Crippen molar-refractivity contribution in [3.8, 4) is 11.1 Å². The molecule has 5 aliphatic carbocycles. The monoisotopic (exact) mass is 589 g/mol. The average molecular weight is 590 g/mol. The summed E-state index contributed by atoms with van der Waals surface area (Å²) >= 11 is 1.92. The number of rotatable bonds is 3. The third kappa shape index (κ3) is 3.64. The summed E-state index contributed by atoms with van der Waals surface area (Å²) in [6, 6.07) is 30.9. The summed E-state index contributed by atoms with van der Waals surface area (Å²) < 4.78 is 2.73. The first-order valence-electron chi connectivity index (χ1n) is 17.2. The Morgan fingerprint density at radius 2 is 1.52 bits per heavy atom. The van der Waals surface area contributed by atoms with Gasteiger partial charge in [-0.1, -0.05) is 79.9 Å². The van der Waals surface area contributed by atoms with Crippen LogP contribution in [-0.2, 0) is 0 Å². The quantitative estimate of drug-likeness (QED) is 0.202. The van der Waals surface area contributed by atoms with E-state index in [1.807, 2.05) is 11.3 Å². The Kier molecular flexibility index (Phi) is 5.80. The summed E-state index contributed by atoms with van der Waals surface area (Å²) in [4.78, 5) is 2.58. The van der Waals surface area contributed by atoms with Gasteiger partial charge >= 0.3 is 0 Å². The number of fused-ring (bicyclic) bond motifs is 7. The standard InChI is InChI=1S/C42H39NS/c1-2-11-26(12-3-1)43(37-20-10-22-39-42(37)35-15-6-7-21-38(35)44-39)27-23-24-34-36(25-27)33-19-9-18-31-32-17-8-16-30(41(32)34)28-13-4-5-14-29(28)40(31)33/h2,6-7,9-12,15,18-25,28-30,32,41H,1,3-5,8,13-14,16-17H2. The fourth-order valence-corrected chi connectivity index (χ4v) is 11.6. The molecule has 4 aromatic carbocycles. The van der Waals surface area contributed by atoms with Crippen LogP contribution in [0.3, 0.4) is 0 Å². The van der Waals surface area contributed by atoms with Crippen LogP contribution in [0.25, 0.3) is 31.3 Å². The zero-order valence-corrected chi connectivity index (χ0v) is 26.2. The zero-order valence-electron chi connectivity index (χ0n) is 25.3. The fraction of sp³-hybridized carbons (Fsp3) is 0.333. The molecule has 5 atom stereocenters. The Balaban J connectivity index is 1.23. The molecule has 10 rings (SSSR count). The average Bonchev–Trinajstić information content (AvgIpc) is 3.42. The number of hydrogen-bond acceptors (Lipinski definition) is 2. The van der Waals surface area contributed by atoms with E-state index in [4.69, 9.17) is 0 Å². The van der Waals surface area contributed by atoms with Crippen LogP contribution in [0, 0.1) is 11.8 Å². The summed E-state index contributed by atoms with van der Waals surface area (Å²) in [5.74, 6) is 3.78. The molecule has 5 aliphatic rings. The molecule has 1 aromatic heterocycles. The van der Waals surface area contributed by atoms with Crippen molar-refractivity contribution in [2.45, 2.75) is 75.5 Å². The van der Waals surface area contributed by atoms with Crippen molar-refractivity contribution in [2.75, 3.05) is 4.90 Å². The van der Waals surface area contributed by atoms with Gasteiger partial charge < -0.3 is 4.90 Å². The Labute approximate surface area is 264 Å². The molecule has 0 saturated heterocycles. The molecule has 0 spiro atoms. The summed E-state index contributed by atoms with van der Waals surface area (Å²) in [6.07, 6.45) is 19.2. The second-order valence-electron chi connectivity index (χ2n) is 14.1. The number of nitrogens with zero attached hydrogens (tertiary/aromatic N) is 1. The van der Waals surface area contributed by atoms with E-state index in [9.17, 15) is 0 Å². The van der Waals surface area contributed by atoms with Crippen molar-refractivity contribution in [1.82, 2.24) is 0 Å². The summed E-state index contributed by atoms with van der Waals surface area (Å²) in [6.45, 7) is 0. The van der Waals surface area contributed by atoms with Crippen molar-refractivity contribution in [1.29, 1.82) is 0 Å². The zero-order chi connectivity index (χ0) is 28.8. The number of hydrogen-bond donors (Lipinski definition) is 0. The number of anilines is 2. The lowest BCUT2D eigenvalue weighted by molar-refractivity contribution is 0.146. The van der Waals surface area contributed by atoms with E-state index >= 15 is 0 Å². The predicted octanol–water partition coefficient (Wildman–Crippen LogP) is 12.4. The molecule has 5 aromatic rings. The second kappa shape index (κ2) is 9.94. The van der Waals surface area contributed by atoms with Crippen molar-refractivity contribution in [3.63, 3.8) is 0 Å². The van der Waals surface area contributed by atoms with E-state index in [1.54, 1.807) is 22.3 Å². The van der Waals surface area contributed by atoms with Crippen LogP contribution >= 0.6 is 11.3 Å². The van der Waals surface area contributed by atoms with E-state index in [-0.39, 0.29) is 0 Å². The van der Waals surface area contributed by atoms with Crippen LogP contribution < -0.4 is 4.90 Å². The summed E-state index contributed by atoms with van der Waals surface area (Å²) in [5.41, 5.74) is 12.1. The molecule has 2 saturated carbocycles. The maximum Gasteiger partial charge on any atom is 0.0554 e. The normalized spacial score (nSPS) is 26.5. The van der Waals surface area contributed by atoms with Crippen molar-refractivity contribution in [3.05, 3.63) is 119 Å². The van der Waals surface area contributed by atoms with Crippen molar-refractivity contribution < 1.29 is 0 Å². The van der Waals surface area contributed by atoms with E-state index < -0.39 is 0 Å². The molecule has 1 heterocycles. The lowest BCUT2D eigenvalue weighted by Gasteiger charge is -2.45. The van der Waals surface area contributed by atoms with Crippen LogP contribution in [-0.4, -0.2) is 0 Å². The van der Waals surface area contributed by atoms with E-state index in [0.29, 0.717) is 11.8 Å². The molecule has 5 unspecified atom stereocenters. The van der Waals surface area contributed by atoms with Crippen LogP contribution in [0.15, 0.2) is 103 Å². The van der Waals surface area contributed by atoms with E-state index in [2.05, 4.69) is 102 Å². The third-order valence-corrected chi connectivity index (χ3v) is 13.2. The lowest BCUT2D eigenvalue weighted by atomic mass is 9.59. The van der Waals surface area contributed by atoms with Gasteiger partial charge in [-0.05, 0) is 132 Å². The molecule has 2 fully saturated rings. The molecule has 0 amide bonds. The molecular formula is C42H39NS. The molecule has 0 N–H and O–H groups in total.